The molecular weight excluding hydrogens is 377 g/mol. The van der Waals surface area contributed by atoms with Gasteiger partial charge in [0.2, 0.25) is 0 Å². The molecule has 0 bridgehead atoms. The molecule has 4 nitrogen and oxygen atoms in total. The Labute approximate surface area is 138 Å². The summed E-state index contributed by atoms with van der Waals surface area (Å²) < 4.78 is 45.8. The second-order valence-electron chi connectivity index (χ2n) is 5.34. The number of morpholine rings is 1. The van der Waals surface area contributed by atoms with Gasteiger partial charge in [0.05, 0.1) is 13.2 Å². The van der Waals surface area contributed by atoms with Crippen LogP contribution in [-0.2, 0) is 11.3 Å². The molecule has 23 heavy (non-hydrogen) atoms. The molecule has 1 fully saturated rings. The van der Waals surface area contributed by atoms with Crippen molar-refractivity contribution in [1.29, 1.82) is 0 Å². The Bertz CT molecular complexity index is 736. The summed E-state index contributed by atoms with van der Waals surface area (Å²) in [4.78, 5) is 14.2. The van der Waals surface area contributed by atoms with Crippen molar-refractivity contribution in [3.63, 3.8) is 0 Å². The van der Waals surface area contributed by atoms with Crippen LogP contribution >= 0.6 is 15.9 Å². The van der Waals surface area contributed by atoms with Crippen LogP contribution in [0.15, 0.2) is 28.7 Å². The van der Waals surface area contributed by atoms with Crippen LogP contribution in [-0.4, -0.2) is 47.9 Å². The predicted octanol–water partition coefficient (Wildman–Crippen LogP) is 3.44. The summed E-state index contributed by atoms with van der Waals surface area (Å²) in [5, 5.41) is 0.597. The standard InChI is InChI=1S/C15H14BrF3N2O2/c16-11-1-2-12-10(7-11)8-13(21(12)9-15(17,18)19)14(22)20-3-5-23-6-4-20/h1-2,7-8H,3-6,9H2. The molecule has 1 aliphatic heterocycles. The summed E-state index contributed by atoms with van der Waals surface area (Å²) in [6, 6.07) is 6.47. The number of alkyl halides is 3. The first-order chi connectivity index (χ1) is 10.8. The van der Waals surface area contributed by atoms with E-state index in [4.69, 9.17) is 4.74 Å². The maximum Gasteiger partial charge on any atom is 0.406 e. The zero-order chi connectivity index (χ0) is 16.6. The van der Waals surface area contributed by atoms with Crippen LogP contribution in [0.5, 0.6) is 0 Å². The monoisotopic (exact) mass is 390 g/mol. The highest BCUT2D eigenvalue weighted by Crippen LogP contribution is 2.28. The molecule has 1 saturated heterocycles. The lowest BCUT2D eigenvalue weighted by Crippen LogP contribution is -2.41. The van der Waals surface area contributed by atoms with Crippen molar-refractivity contribution in [2.24, 2.45) is 0 Å². The van der Waals surface area contributed by atoms with Gasteiger partial charge in [-0.05, 0) is 24.3 Å². The second-order valence-corrected chi connectivity index (χ2v) is 6.25. The summed E-state index contributed by atoms with van der Waals surface area (Å²) in [7, 11) is 0. The quantitative estimate of drug-likeness (QED) is 0.786. The van der Waals surface area contributed by atoms with Gasteiger partial charge >= 0.3 is 6.18 Å². The molecule has 0 spiro atoms. The Balaban J connectivity index is 2.06. The van der Waals surface area contributed by atoms with Gasteiger partial charge in [0.25, 0.3) is 5.91 Å². The van der Waals surface area contributed by atoms with Crippen molar-refractivity contribution in [1.82, 2.24) is 9.47 Å². The third-order valence-corrected chi connectivity index (χ3v) is 4.21. The predicted molar refractivity (Wildman–Crippen MR) is 82.4 cm³/mol. The number of halogens is 4. The highest BCUT2D eigenvalue weighted by Gasteiger charge is 2.32. The molecule has 8 heteroatoms. The van der Waals surface area contributed by atoms with Crippen LogP contribution in [0.25, 0.3) is 10.9 Å². The van der Waals surface area contributed by atoms with Crippen molar-refractivity contribution in [2.75, 3.05) is 26.3 Å². The minimum absolute atomic E-state index is 0.0531. The van der Waals surface area contributed by atoms with E-state index in [1.807, 2.05) is 0 Å². The normalized spacial score (nSPS) is 16.1. The van der Waals surface area contributed by atoms with Crippen LogP contribution < -0.4 is 0 Å². The number of benzene rings is 1. The molecule has 1 aromatic carbocycles. The third-order valence-electron chi connectivity index (χ3n) is 3.72. The largest absolute Gasteiger partial charge is 0.406 e. The van der Waals surface area contributed by atoms with E-state index in [0.717, 1.165) is 9.04 Å². The number of nitrogens with zero attached hydrogens (tertiary/aromatic N) is 2. The fourth-order valence-corrected chi connectivity index (χ4v) is 3.08. The fourth-order valence-electron chi connectivity index (χ4n) is 2.70. The number of rotatable bonds is 2. The van der Waals surface area contributed by atoms with E-state index in [2.05, 4.69) is 15.9 Å². The first-order valence-corrected chi connectivity index (χ1v) is 7.87. The number of hydrogen-bond donors (Lipinski definition) is 0. The summed E-state index contributed by atoms with van der Waals surface area (Å²) in [5.41, 5.74) is 0.444. The number of carbonyl (C=O) groups is 1. The van der Waals surface area contributed by atoms with Gasteiger partial charge in [0.1, 0.15) is 12.2 Å². The Morgan fingerprint density at radius 1 is 1.22 bits per heavy atom. The molecule has 0 atom stereocenters. The highest BCUT2D eigenvalue weighted by atomic mass is 79.9. The van der Waals surface area contributed by atoms with Crippen LogP contribution in [0.2, 0.25) is 0 Å². The molecule has 0 saturated carbocycles. The smallest absolute Gasteiger partial charge is 0.378 e. The molecule has 3 rings (SSSR count). The molecule has 124 valence electrons. The number of amides is 1. The van der Waals surface area contributed by atoms with Crippen molar-refractivity contribution in [3.8, 4) is 0 Å². The molecule has 1 aliphatic rings. The van der Waals surface area contributed by atoms with Gasteiger partial charge in [-0.2, -0.15) is 13.2 Å². The minimum Gasteiger partial charge on any atom is -0.378 e. The van der Waals surface area contributed by atoms with E-state index in [0.29, 0.717) is 37.2 Å². The average Bonchev–Trinajstić information content (AvgIpc) is 2.83. The van der Waals surface area contributed by atoms with E-state index < -0.39 is 18.6 Å². The van der Waals surface area contributed by atoms with Crippen LogP contribution in [0.4, 0.5) is 13.2 Å². The molecule has 0 unspecified atom stereocenters. The lowest BCUT2D eigenvalue weighted by molar-refractivity contribution is -0.140. The van der Waals surface area contributed by atoms with Gasteiger partial charge in [0, 0.05) is 28.5 Å². The summed E-state index contributed by atoms with van der Waals surface area (Å²) >= 11 is 3.30. The second kappa shape index (κ2) is 6.16. The molecule has 0 N–H and O–H groups in total. The molecule has 0 radical (unpaired) electrons. The van der Waals surface area contributed by atoms with E-state index in [9.17, 15) is 18.0 Å². The van der Waals surface area contributed by atoms with Crippen molar-refractivity contribution in [2.45, 2.75) is 12.7 Å². The Morgan fingerprint density at radius 3 is 2.57 bits per heavy atom. The van der Waals surface area contributed by atoms with Crippen molar-refractivity contribution >= 4 is 32.7 Å². The zero-order valence-corrected chi connectivity index (χ0v) is 13.7. The molecule has 2 aromatic rings. The zero-order valence-electron chi connectivity index (χ0n) is 12.1. The van der Waals surface area contributed by atoms with Gasteiger partial charge in [0.15, 0.2) is 0 Å². The Kier molecular flexibility index (Phi) is 4.37. The van der Waals surface area contributed by atoms with E-state index in [1.54, 1.807) is 18.2 Å². The lowest BCUT2D eigenvalue weighted by atomic mass is 10.2. The number of ether oxygens (including phenoxy) is 1. The maximum atomic E-state index is 12.9. The van der Waals surface area contributed by atoms with Crippen LogP contribution in [0, 0.1) is 0 Å². The maximum absolute atomic E-state index is 12.9. The number of fused-ring (bicyclic) bond motifs is 1. The summed E-state index contributed by atoms with van der Waals surface area (Å²) in [6.07, 6.45) is -4.40. The third kappa shape index (κ3) is 3.53. The summed E-state index contributed by atoms with van der Waals surface area (Å²) in [5.74, 6) is -0.398. The van der Waals surface area contributed by atoms with Crippen molar-refractivity contribution in [3.05, 3.63) is 34.4 Å². The molecule has 1 amide bonds. The first-order valence-electron chi connectivity index (χ1n) is 7.08. The van der Waals surface area contributed by atoms with E-state index in [-0.39, 0.29) is 5.69 Å². The SMILES string of the molecule is O=C(c1cc2cc(Br)ccc2n1CC(F)(F)F)N1CCOCC1. The Hall–Kier alpha value is -1.54. The molecule has 2 heterocycles. The van der Waals surface area contributed by atoms with Crippen LogP contribution in [0.3, 0.4) is 0 Å². The summed E-state index contributed by atoms with van der Waals surface area (Å²) in [6.45, 7) is 0.378. The highest BCUT2D eigenvalue weighted by molar-refractivity contribution is 9.10. The molecular formula is C15H14BrF3N2O2. The minimum atomic E-state index is -4.40. The molecule has 1 aromatic heterocycles. The first kappa shape index (κ1) is 16.3. The van der Waals surface area contributed by atoms with E-state index >= 15 is 0 Å². The van der Waals surface area contributed by atoms with E-state index in [1.165, 1.54) is 11.0 Å². The number of hydrogen-bond acceptors (Lipinski definition) is 2. The van der Waals surface area contributed by atoms with Crippen molar-refractivity contribution < 1.29 is 22.7 Å². The number of carbonyl (C=O) groups excluding carboxylic acids is 1. The van der Waals surface area contributed by atoms with Gasteiger partial charge in [-0.15, -0.1) is 0 Å². The van der Waals surface area contributed by atoms with Gasteiger partial charge < -0.3 is 14.2 Å². The molecule has 0 aliphatic carbocycles. The lowest BCUT2D eigenvalue weighted by Gasteiger charge is -2.27. The van der Waals surface area contributed by atoms with Gasteiger partial charge in [-0.3, -0.25) is 4.79 Å². The topological polar surface area (TPSA) is 34.5 Å². The number of aromatic nitrogens is 1. The van der Waals surface area contributed by atoms with Gasteiger partial charge in [-0.1, -0.05) is 15.9 Å². The Morgan fingerprint density at radius 2 is 1.91 bits per heavy atom. The fraction of sp³-hybridized carbons (Fsp3) is 0.400. The van der Waals surface area contributed by atoms with Crippen LogP contribution in [0.1, 0.15) is 10.5 Å². The average molecular weight is 391 g/mol. The van der Waals surface area contributed by atoms with Gasteiger partial charge in [-0.25, -0.2) is 0 Å².